The van der Waals surface area contributed by atoms with Gasteiger partial charge in [-0.1, -0.05) is 35.3 Å². The maximum absolute atomic E-state index is 12.7. The molecule has 0 bridgehead atoms. The van der Waals surface area contributed by atoms with E-state index in [0.717, 1.165) is 4.57 Å². The fourth-order valence-electron chi connectivity index (χ4n) is 3.12. The lowest BCUT2D eigenvalue weighted by molar-refractivity contribution is -0.116. The Labute approximate surface area is 191 Å². The number of aromatic nitrogens is 2. The number of hydrogen-bond acceptors (Lipinski definition) is 5. The number of amides is 2. The molecule has 8 nitrogen and oxygen atoms in total. The van der Waals surface area contributed by atoms with Gasteiger partial charge in [-0.3, -0.25) is 19.0 Å². The number of furan rings is 1. The Bertz CT molecular complexity index is 1370. The van der Waals surface area contributed by atoms with E-state index in [4.69, 9.17) is 27.6 Å². The Morgan fingerprint density at radius 1 is 1.09 bits per heavy atom. The molecule has 0 aliphatic carbocycles. The summed E-state index contributed by atoms with van der Waals surface area (Å²) in [5.74, 6) is -0.290. The molecule has 0 aliphatic rings. The minimum Gasteiger partial charge on any atom is -0.467 e. The van der Waals surface area contributed by atoms with Crippen LogP contribution < -0.4 is 16.2 Å². The molecule has 2 amide bonds. The second-order valence-corrected chi connectivity index (χ2v) is 7.66. The highest BCUT2D eigenvalue weighted by Gasteiger charge is 2.15. The molecule has 4 rings (SSSR count). The number of fused-ring (bicyclic) bond motifs is 1. The molecular formula is C22H16Cl2N4O4. The monoisotopic (exact) mass is 470 g/mol. The number of rotatable bonds is 6. The molecule has 0 atom stereocenters. The third-order valence-corrected chi connectivity index (χ3v) is 5.12. The van der Waals surface area contributed by atoms with Crippen LogP contribution in [0.5, 0.6) is 0 Å². The van der Waals surface area contributed by atoms with Crippen molar-refractivity contribution in [2.24, 2.45) is 0 Å². The number of halogens is 2. The van der Waals surface area contributed by atoms with Gasteiger partial charge in [-0.2, -0.15) is 0 Å². The number of carbonyl (C=O) groups is 2. The van der Waals surface area contributed by atoms with Crippen LogP contribution in [-0.4, -0.2) is 21.4 Å². The summed E-state index contributed by atoms with van der Waals surface area (Å²) in [5, 5.41) is 6.14. The van der Waals surface area contributed by atoms with Crippen molar-refractivity contribution in [2.45, 2.75) is 13.1 Å². The zero-order valence-corrected chi connectivity index (χ0v) is 18.0. The maximum atomic E-state index is 12.7. The lowest BCUT2D eigenvalue weighted by atomic mass is 10.1. The fourth-order valence-corrected chi connectivity index (χ4v) is 3.66. The molecule has 2 N–H and O–H groups in total. The van der Waals surface area contributed by atoms with Gasteiger partial charge in [0.25, 0.3) is 11.5 Å². The molecule has 32 heavy (non-hydrogen) atoms. The predicted octanol–water partition coefficient (Wildman–Crippen LogP) is 3.87. The second-order valence-electron chi connectivity index (χ2n) is 6.82. The van der Waals surface area contributed by atoms with Crippen LogP contribution in [0.2, 0.25) is 10.0 Å². The minimum absolute atomic E-state index is 0.204. The lowest BCUT2D eigenvalue weighted by Gasteiger charge is -2.12. The second kappa shape index (κ2) is 9.25. The molecule has 0 saturated carbocycles. The minimum atomic E-state index is -0.507. The van der Waals surface area contributed by atoms with Gasteiger partial charge in [-0.15, -0.1) is 0 Å². The number of carbonyl (C=O) groups excluding carboxylic acids is 2. The van der Waals surface area contributed by atoms with Crippen LogP contribution in [0, 0.1) is 0 Å². The van der Waals surface area contributed by atoms with Gasteiger partial charge in [0, 0.05) is 5.02 Å². The predicted molar refractivity (Wildman–Crippen MR) is 121 cm³/mol. The molecule has 10 heteroatoms. The molecule has 0 aliphatic heterocycles. The van der Waals surface area contributed by atoms with E-state index in [-0.39, 0.29) is 40.0 Å². The van der Waals surface area contributed by atoms with Crippen molar-refractivity contribution in [1.82, 2.24) is 14.9 Å². The van der Waals surface area contributed by atoms with E-state index in [9.17, 15) is 14.4 Å². The van der Waals surface area contributed by atoms with Crippen molar-refractivity contribution in [1.29, 1.82) is 0 Å². The summed E-state index contributed by atoms with van der Waals surface area (Å²) < 4.78 is 6.34. The SMILES string of the molecule is O=C(Cn1cnc2c(Cl)cc(Cl)cc2c1=O)Nc1ccccc1C(=O)NCc1ccco1. The van der Waals surface area contributed by atoms with Crippen molar-refractivity contribution in [3.8, 4) is 0 Å². The van der Waals surface area contributed by atoms with Crippen molar-refractivity contribution < 1.29 is 14.0 Å². The number of hydrogen-bond donors (Lipinski definition) is 2. The van der Waals surface area contributed by atoms with E-state index >= 15 is 0 Å². The smallest absolute Gasteiger partial charge is 0.261 e. The van der Waals surface area contributed by atoms with E-state index in [2.05, 4.69) is 15.6 Å². The van der Waals surface area contributed by atoms with Gasteiger partial charge in [0.05, 0.1) is 46.3 Å². The molecule has 2 heterocycles. The zero-order chi connectivity index (χ0) is 22.7. The van der Waals surface area contributed by atoms with Crippen molar-refractivity contribution in [3.05, 3.63) is 92.8 Å². The lowest BCUT2D eigenvalue weighted by Crippen LogP contribution is -2.29. The van der Waals surface area contributed by atoms with Gasteiger partial charge in [0.1, 0.15) is 12.3 Å². The summed E-state index contributed by atoms with van der Waals surface area (Å²) in [5.41, 5.74) is 0.424. The van der Waals surface area contributed by atoms with Crippen LogP contribution >= 0.6 is 23.2 Å². The Kier molecular flexibility index (Phi) is 6.25. The molecule has 0 unspecified atom stereocenters. The van der Waals surface area contributed by atoms with Crippen LogP contribution in [0.25, 0.3) is 10.9 Å². The topological polar surface area (TPSA) is 106 Å². The Morgan fingerprint density at radius 2 is 1.91 bits per heavy atom. The normalized spacial score (nSPS) is 10.8. The third-order valence-electron chi connectivity index (χ3n) is 4.61. The molecule has 2 aromatic heterocycles. The highest BCUT2D eigenvalue weighted by atomic mass is 35.5. The number of para-hydroxylation sites is 1. The van der Waals surface area contributed by atoms with E-state index in [1.807, 2.05) is 0 Å². The van der Waals surface area contributed by atoms with Gasteiger partial charge < -0.3 is 15.1 Å². The van der Waals surface area contributed by atoms with Crippen LogP contribution in [0.3, 0.4) is 0 Å². The largest absolute Gasteiger partial charge is 0.467 e. The summed E-state index contributed by atoms with van der Waals surface area (Å²) >= 11 is 12.1. The first-order valence-corrected chi connectivity index (χ1v) is 10.2. The Hall–Kier alpha value is -3.62. The molecule has 0 saturated heterocycles. The molecule has 0 spiro atoms. The van der Waals surface area contributed by atoms with Crippen LogP contribution in [-0.2, 0) is 17.9 Å². The van der Waals surface area contributed by atoms with Crippen LogP contribution in [0.15, 0.2) is 70.3 Å². The summed E-state index contributed by atoms with van der Waals surface area (Å²) in [4.78, 5) is 42.1. The van der Waals surface area contributed by atoms with Gasteiger partial charge in [-0.05, 0) is 36.4 Å². The van der Waals surface area contributed by atoms with Crippen molar-refractivity contribution in [2.75, 3.05) is 5.32 Å². The van der Waals surface area contributed by atoms with E-state index in [0.29, 0.717) is 17.0 Å². The molecular weight excluding hydrogens is 455 g/mol. The quantitative estimate of drug-likeness (QED) is 0.444. The summed E-state index contributed by atoms with van der Waals surface area (Å²) in [6, 6.07) is 13.0. The van der Waals surface area contributed by atoms with Gasteiger partial charge >= 0.3 is 0 Å². The Balaban J connectivity index is 1.51. The maximum Gasteiger partial charge on any atom is 0.261 e. The number of nitrogens with zero attached hydrogens (tertiary/aromatic N) is 2. The van der Waals surface area contributed by atoms with Crippen molar-refractivity contribution >= 4 is 51.6 Å². The molecule has 4 aromatic rings. The molecule has 0 fully saturated rings. The summed E-state index contributed by atoms with van der Waals surface area (Å²) in [7, 11) is 0. The van der Waals surface area contributed by atoms with Gasteiger partial charge in [0.15, 0.2) is 0 Å². The zero-order valence-electron chi connectivity index (χ0n) is 16.5. The van der Waals surface area contributed by atoms with E-state index in [1.54, 1.807) is 36.4 Å². The number of benzene rings is 2. The first-order chi connectivity index (χ1) is 15.4. The standard InChI is InChI=1S/C22H16Cl2N4O4/c23-13-8-16-20(17(24)9-13)26-12-28(22(16)31)11-19(29)27-18-6-2-1-5-15(18)21(30)25-10-14-4-3-7-32-14/h1-9,12H,10-11H2,(H,25,30)(H,27,29). The fraction of sp³-hybridized carbons (Fsp3) is 0.0909. The average molecular weight is 471 g/mol. The highest BCUT2D eigenvalue weighted by Crippen LogP contribution is 2.24. The summed E-state index contributed by atoms with van der Waals surface area (Å²) in [6.07, 6.45) is 2.76. The number of nitrogens with one attached hydrogen (secondary N) is 2. The number of anilines is 1. The molecule has 162 valence electrons. The van der Waals surface area contributed by atoms with Gasteiger partial charge in [-0.25, -0.2) is 4.98 Å². The highest BCUT2D eigenvalue weighted by molar-refractivity contribution is 6.38. The van der Waals surface area contributed by atoms with E-state index < -0.39 is 11.5 Å². The molecule has 0 radical (unpaired) electrons. The van der Waals surface area contributed by atoms with Crippen LogP contribution in [0.4, 0.5) is 5.69 Å². The van der Waals surface area contributed by atoms with Crippen molar-refractivity contribution in [3.63, 3.8) is 0 Å². The average Bonchev–Trinajstić information content (AvgIpc) is 3.28. The van der Waals surface area contributed by atoms with Gasteiger partial charge in [0.2, 0.25) is 5.91 Å². The third kappa shape index (κ3) is 4.66. The van der Waals surface area contributed by atoms with E-state index in [1.165, 1.54) is 24.7 Å². The molecule has 2 aromatic carbocycles. The first kappa shape index (κ1) is 21.6. The first-order valence-electron chi connectivity index (χ1n) is 9.46. The Morgan fingerprint density at radius 3 is 2.69 bits per heavy atom. The van der Waals surface area contributed by atoms with Crippen LogP contribution in [0.1, 0.15) is 16.1 Å². The summed E-state index contributed by atoms with van der Waals surface area (Å²) in [6.45, 7) is -0.106.